The van der Waals surface area contributed by atoms with Gasteiger partial charge in [-0.1, -0.05) is 19.9 Å². The van der Waals surface area contributed by atoms with Gasteiger partial charge in [-0.25, -0.2) is 9.18 Å². The van der Waals surface area contributed by atoms with E-state index in [-0.39, 0.29) is 11.8 Å². The van der Waals surface area contributed by atoms with Gasteiger partial charge < -0.3 is 15.4 Å². The van der Waals surface area contributed by atoms with E-state index < -0.39 is 17.0 Å². The number of esters is 1. The van der Waals surface area contributed by atoms with Crippen LogP contribution >= 0.6 is 23.1 Å². The summed E-state index contributed by atoms with van der Waals surface area (Å²) in [5, 5.41) is 5.95. The number of benzene rings is 2. The van der Waals surface area contributed by atoms with Crippen molar-refractivity contribution in [1.29, 1.82) is 0 Å². The molecule has 37 heavy (non-hydrogen) atoms. The highest BCUT2D eigenvalue weighted by atomic mass is 32.2. The van der Waals surface area contributed by atoms with Crippen LogP contribution < -0.4 is 10.6 Å². The number of nitrogens with one attached hydrogen (secondary N) is 2. The molecule has 4 rings (SSSR count). The second-order valence-electron chi connectivity index (χ2n) is 9.04. The monoisotopic (exact) mass is 540 g/mol. The normalized spacial score (nSPS) is 15.4. The second kappa shape index (κ2) is 11.9. The van der Waals surface area contributed by atoms with Gasteiger partial charge in [-0.3, -0.25) is 9.59 Å². The predicted molar refractivity (Wildman–Crippen MR) is 146 cm³/mol. The Morgan fingerprint density at radius 2 is 1.92 bits per heavy atom. The molecule has 194 valence electrons. The number of thiophene rings is 1. The molecule has 2 aromatic carbocycles. The van der Waals surface area contributed by atoms with Crippen LogP contribution in [0.1, 0.15) is 57.8 Å². The summed E-state index contributed by atoms with van der Waals surface area (Å²) < 4.78 is 18.2. The van der Waals surface area contributed by atoms with E-state index in [1.54, 1.807) is 18.2 Å². The standard InChI is InChI=1S/C28H29FN2O4S2/c1-4-22(26(33)31-27-24(28(34)35-3)21-13-8-16(2)14-23(21)37-27)36-20-7-5-6-19(15-20)30-25(32)17-9-11-18(29)12-10-17/h5-7,9-12,15-16,22H,4,8,13-14H2,1-3H3,(H,30,32)(H,31,33). The molecule has 0 spiro atoms. The van der Waals surface area contributed by atoms with Gasteiger partial charge in [0, 0.05) is 21.0 Å². The van der Waals surface area contributed by atoms with Crippen LogP contribution in [0.2, 0.25) is 0 Å². The molecule has 1 aromatic heterocycles. The number of carbonyl (C=O) groups excluding carboxylic acids is 3. The van der Waals surface area contributed by atoms with E-state index in [1.165, 1.54) is 54.5 Å². The Morgan fingerprint density at radius 1 is 1.16 bits per heavy atom. The summed E-state index contributed by atoms with van der Waals surface area (Å²) in [7, 11) is 1.36. The maximum atomic E-state index is 13.3. The van der Waals surface area contributed by atoms with Crippen molar-refractivity contribution in [2.24, 2.45) is 5.92 Å². The maximum Gasteiger partial charge on any atom is 0.341 e. The van der Waals surface area contributed by atoms with E-state index in [0.29, 0.717) is 34.2 Å². The third-order valence-corrected chi connectivity index (χ3v) is 8.81. The molecule has 3 aromatic rings. The number of carbonyl (C=O) groups is 3. The van der Waals surface area contributed by atoms with Crippen LogP contribution in [0.4, 0.5) is 15.1 Å². The molecule has 2 atom stereocenters. The number of hydrogen-bond acceptors (Lipinski definition) is 6. The minimum atomic E-state index is -0.423. The van der Waals surface area contributed by atoms with Crippen LogP contribution in [-0.4, -0.2) is 30.1 Å². The highest BCUT2D eigenvalue weighted by Crippen LogP contribution is 2.40. The number of amides is 2. The van der Waals surface area contributed by atoms with Crippen molar-refractivity contribution in [2.75, 3.05) is 17.7 Å². The lowest BCUT2D eigenvalue weighted by atomic mass is 9.88. The van der Waals surface area contributed by atoms with Gasteiger partial charge in [-0.05, 0) is 79.6 Å². The topological polar surface area (TPSA) is 84.5 Å². The molecule has 9 heteroatoms. The van der Waals surface area contributed by atoms with Gasteiger partial charge in [-0.15, -0.1) is 23.1 Å². The summed E-state index contributed by atoms with van der Waals surface area (Å²) in [6.07, 6.45) is 3.26. The molecule has 0 bridgehead atoms. The van der Waals surface area contributed by atoms with Crippen molar-refractivity contribution in [3.63, 3.8) is 0 Å². The first-order valence-electron chi connectivity index (χ1n) is 12.2. The summed E-state index contributed by atoms with van der Waals surface area (Å²) >= 11 is 2.85. The molecule has 0 aliphatic heterocycles. The molecule has 2 N–H and O–H groups in total. The maximum absolute atomic E-state index is 13.3. The Hall–Kier alpha value is -3.17. The fourth-order valence-electron chi connectivity index (χ4n) is 4.29. The SMILES string of the molecule is CCC(Sc1cccc(NC(=O)c2ccc(F)cc2)c1)C(=O)Nc1sc2c(c1C(=O)OC)CCC(C)C2. The van der Waals surface area contributed by atoms with Gasteiger partial charge >= 0.3 is 5.97 Å². The Kier molecular flexibility index (Phi) is 8.66. The third kappa shape index (κ3) is 6.40. The summed E-state index contributed by atoms with van der Waals surface area (Å²) in [4.78, 5) is 40.3. The lowest BCUT2D eigenvalue weighted by Crippen LogP contribution is -2.25. The van der Waals surface area contributed by atoms with E-state index >= 15 is 0 Å². The zero-order chi connectivity index (χ0) is 26.5. The van der Waals surface area contributed by atoms with Crippen molar-refractivity contribution >= 4 is 51.6 Å². The van der Waals surface area contributed by atoms with Gasteiger partial charge in [0.05, 0.1) is 17.9 Å². The first-order valence-corrected chi connectivity index (χ1v) is 13.9. The van der Waals surface area contributed by atoms with E-state index in [4.69, 9.17) is 4.74 Å². The fourth-order valence-corrected chi connectivity index (χ4v) is 6.70. The number of hydrogen-bond donors (Lipinski definition) is 2. The molecule has 1 aliphatic rings. The predicted octanol–water partition coefficient (Wildman–Crippen LogP) is 6.56. The summed E-state index contributed by atoms with van der Waals surface area (Å²) in [5.41, 5.74) is 2.39. The Balaban J connectivity index is 1.47. The lowest BCUT2D eigenvalue weighted by Gasteiger charge is -2.18. The first-order chi connectivity index (χ1) is 17.8. The molecule has 2 amide bonds. The van der Waals surface area contributed by atoms with Crippen LogP contribution in [0.15, 0.2) is 53.4 Å². The van der Waals surface area contributed by atoms with Crippen molar-refractivity contribution in [1.82, 2.24) is 0 Å². The average molecular weight is 541 g/mol. The summed E-state index contributed by atoms with van der Waals surface area (Å²) in [5.74, 6) is -0.833. The van der Waals surface area contributed by atoms with Gasteiger partial charge in [0.15, 0.2) is 0 Å². The number of anilines is 2. The number of rotatable bonds is 8. The summed E-state index contributed by atoms with van der Waals surface area (Å²) in [6, 6.07) is 12.6. The Morgan fingerprint density at radius 3 is 2.62 bits per heavy atom. The number of methoxy groups -OCH3 is 1. The smallest absolute Gasteiger partial charge is 0.341 e. The zero-order valence-electron chi connectivity index (χ0n) is 20.9. The third-order valence-electron chi connectivity index (χ3n) is 6.28. The van der Waals surface area contributed by atoms with Gasteiger partial charge in [-0.2, -0.15) is 0 Å². The van der Waals surface area contributed by atoms with Gasteiger partial charge in [0.25, 0.3) is 5.91 Å². The van der Waals surface area contributed by atoms with E-state index in [2.05, 4.69) is 17.6 Å². The molecule has 6 nitrogen and oxygen atoms in total. The zero-order valence-corrected chi connectivity index (χ0v) is 22.6. The Bertz CT molecular complexity index is 1310. The van der Waals surface area contributed by atoms with Crippen LogP contribution in [-0.2, 0) is 22.4 Å². The molecular formula is C28H29FN2O4S2. The Labute approximate surface area is 224 Å². The quantitative estimate of drug-likeness (QED) is 0.250. The highest BCUT2D eigenvalue weighted by molar-refractivity contribution is 8.00. The van der Waals surface area contributed by atoms with Crippen LogP contribution in [0.25, 0.3) is 0 Å². The van der Waals surface area contributed by atoms with Gasteiger partial charge in [0.1, 0.15) is 10.8 Å². The molecule has 0 radical (unpaired) electrons. The molecule has 2 unspecified atom stereocenters. The number of halogens is 1. The number of fused-ring (bicyclic) bond motifs is 1. The highest BCUT2D eigenvalue weighted by Gasteiger charge is 2.30. The van der Waals surface area contributed by atoms with Crippen molar-refractivity contribution in [2.45, 2.75) is 49.7 Å². The molecule has 0 saturated carbocycles. The molecule has 1 heterocycles. The van der Waals surface area contributed by atoms with E-state index in [1.807, 2.05) is 13.0 Å². The van der Waals surface area contributed by atoms with Crippen molar-refractivity contribution in [3.8, 4) is 0 Å². The first kappa shape index (κ1) is 26.9. The van der Waals surface area contributed by atoms with E-state index in [9.17, 15) is 18.8 Å². The molecular weight excluding hydrogens is 511 g/mol. The van der Waals surface area contributed by atoms with Crippen molar-refractivity contribution in [3.05, 3.63) is 75.9 Å². The lowest BCUT2D eigenvalue weighted by molar-refractivity contribution is -0.115. The average Bonchev–Trinajstić information content (AvgIpc) is 3.23. The molecule has 1 aliphatic carbocycles. The van der Waals surface area contributed by atoms with Crippen LogP contribution in [0, 0.1) is 11.7 Å². The molecule has 0 fully saturated rings. The van der Waals surface area contributed by atoms with Crippen LogP contribution in [0.5, 0.6) is 0 Å². The van der Waals surface area contributed by atoms with Crippen LogP contribution in [0.3, 0.4) is 0 Å². The number of ether oxygens (including phenoxy) is 1. The van der Waals surface area contributed by atoms with Gasteiger partial charge in [0.2, 0.25) is 5.91 Å². The minimum Gasteiger partial charge on any atom is -0.465 e. The minimum absolute atomic E-state index is 0.190. The largest absolute Gasteiger partial charge is 0.465 e. The van der Waals surface area contributed by atoms with E-state index in [0.717, 1.165) is 34.6 Å². The number of thioether (sulfide) groups is 1. The fraction of sp³-hybridized carbons (Fsp3) is 0.321. The molecule has 0 saturated heterocycles. The second-order valence-corrected chi connectivity index (χ2v) is 11.4. The summed E-state index contributed by atoms with van der Waals surface area (Å²) in [6.45, 7) is 4.12. The van der Waals surface area contributed by atoms with Crippen molar-refractivity contribution < 1.29 is 23.5 Å².